The third kappa shape index (κ3) is 3.96. The van der Waals surface area contributed by atoms with Gasteiger partial charge in [-0.1, -0.05) is 78.9 Å². The summed E-state index contributed by atoms with van der Waals surface area (Å²) in [4.78, 5) is 7.57. The van der Waals surface area contributed by atoms with E-state index in [0.717, 1.165) is 31.6 Å². The van der Waals surface area contributed by atoms with Gasteiger partial charge in [-0.05, 0) is 43.1 Å². The molecule has 0 amide bonds. The number of aliphatic hydroxyl groups is 1. The predicted octanol–water partition coefficient (Wildman–Crippen LogP) is 5.05. The third-order valence-corrected chi connectivity index (χ3v) is 6.97. The van der Waals surface area contributed by atoms with Crippen molar-refractivity contribution in [1.82, 2.24) is 4.90 Å². The van der Waals surface area contributed by atoms with E-state index in [1.165, 1.54) is 11.1 Å². The van der Waals surface area contributed by atoms with Crippen molar-refractivity contribution in [2.75, 3.05) is 20.2 Å². The van der Waals surface area contributed by atoms with Gasteiger partial charge in [-0.2, -0.15) is 0 Å². The lowest BCUT2D eigenvalue weighted by Gasteiger charge is -2.50. The molecule has 3 heterocycles. The molecule has 3 aliphatic heterocycles. The fourth-order valence-electron chi connectivity index (χ4n) is 5.43. The highest BCUT2D eigenvalue weighted by atomic mass is 16.5. The summed E-state index contributed by atoms with van der Waals surface area (Å²) in [5.41, 5.74) is 4.42. The lowest BCUT2D eigenvalue weighted by atomic mass is 9.72. The van der Waals surface area contributed by atoms with Gasteiger partial charge < -0.3 is 9.84 Å². The van der Waals surface area contributed by atoms with E-state index in [1.807, 2.05) is 24.3 Å². The van der Waals surface area contributed by atoms with E-state index in [9.17, 15) is 5.11 Å². The molecule has 0 aliphatic carbocycles. The zero-order chi connectivity index (χ0) is 21.9. The number of piperidine rings is 3. The second-order valence-electron chi connectivity index (χ2n) is 8.72. The molecule has 3 aromatic rings. The maximum Gasteiger partial charge on any atom is 0.174 e. The first-order chi connectivity index (χ1) is 15.8. The molecule has 2 bridgehead atoms. The largest absolute Gasteiger partial charge is 0.496 e. The van der Waals surface area contributed by atoms with Gasteiger partial charge >= 0.3 is 0 Å². The first kappa shape index (κ1) is 20.9. The zero-order valence-electron chi connectivity index (χ0n) is 18.5. The van der Waals surface area contributed by atoms with E-state index < -0.39 is 6.23 Å². The summed E-state index contributed by atoms with van der Waals surface area (Å²) in [6.45, 7) is 2.16. The van der Waals surface area contributed by atoms with Crippen molar-refractivity contribution in [2.45, 2.75) is 31.0 Å². The normalized spacial score (nSPS) is 24.6. The van der Waals surface area contributed by atoms with Gasteiger partial charge in [0.1, 0.15) is 5.75 Å². The van der Waals surface area contributed by atoms with Crippen molar-refractivity contribution in [3.05, 3.63) is 102 Å². The van der Waals surface area contributed by atoms with Crippen LogP contribution in [0.1, 0.15) is 41.7 Å². The summed E-state index contributed by atoms with van der Waals surface area (Å²) in [6, 6.07) is 29.2. The van der Waals surface area contributed by atoms with Gasteiger partial charge in [-0.15, -0.1) is 0 Å². The van der Waals surface area contributed by atoms with E-state index >= 15 is 0 Å². The van der Waals surface area contributed by atoms with Gasteiger partial charge in [0.2, 0.25) is 0 Å². The molecule has 2 unspecified atom stereocenters. The zero-order valence-corrected chi connectivity index (χ0v) is 18.5. The Hall–Kier alpha value is -2.95. The molecule has 3 aliphatic rings. The Morgan fingerprint density at radius 1 is 0.844 bits per heavy atom. The average Bonchev–Trinajstić information content (AvgIpc) is 2.87. The maximum absolute atomic E-state index is 11.2. The van der Waals surface area contributed by atoms with Gasteiger partial charge in [-0.3, -0.25) is 9.89 Å². The van der Waals surface area contributed by atoms with Crippen LogP contribution in [-0.2, 0) is 0 Å². The van der Waals surface area contributed by atoms with Crippen molar-refractivity contribution in [2.24, 2.45) is 10.9 Å². The van der Waals surface area contributed by atoms with Crippen molar-refractivity contribution in [1.29, 1.82) is 0 Å². The molecule has 1 N–H and O–H groups in total. The highest BCUT2D eigenvalue weighted by Crippen LogP contribution is 2.41. The molecule has 4 nitrogen and oxygen atoms in total. The molecule has 0 saturated carbocycles. The number of hydrogen-bond donors (Lipinski definition) is 1. The summed E-state index contributed by atoms with van der Waals surface area (Å²) in [5.74, 6) is 1.25. The van der Waals surface area contributed by atoms with Crippen LogP contribution in [0.4, 0.5) is 0 Å². The van der Waals surface area contributed by atoms with Gasteiger partial charge in [0.15, 0.2) is 6.23 Å². The number of nitrogens with zero attached hydrogens (tertiary/aromatic N) is 2. The number of methoxy groups -OCH3 is 1. The maximum atomic E-state index is 11.2. The molecular weight excluding hydrogens is 396 g/mol. The summed E-state index contributed by atoms with van der Waals surface area (Å²) in [7, 11) is 1.64. The van der Waals surface area contributed by atoms with Crippen LogP contribution < -0.4 is 4.74 Å². The first-order valence-electron chi connectivity index (χ1n) is 11.5. The molecule has 0 radical (unpaired) electrons. The lowest BCUT2D eigenvalue weighted by Crippen LogP contribution is -2.58. The standard InChI is InChI=1S/C28H30N2O2/c1-32-24-15-9-8-14-23(24)28(31)29-26-22-16-18-30(19-17-22)27(26)25(20-10-4-2-5-11-20)21-12-6-3-7-13-21/h2-15,22,25,27-28,31H,16-19H2,1H3. The second kappa shape index (κ2) is 9.27. The first-order valence-corrected chi connectivity index (χ1v) is 11.5. The van der Waals surface area contributed by atoms with Gasteiger partial charge in [0.25, 0.3) is 0 Å². The SMILES string of the molecule is COc1ccccc1C(O)N=C1C2CCN(CC2)C1C(c1ccccc1)c1ccccc1. The lowest BCUT2D eigenvalue weighted by molar-refractivity contribution is 0.128. The smallest absolute Gasteiger partial charge is 0.174 e. The van der Waals surface area contributed by atoms with Crippen molar-refractivity contribution in [3.63, 3.8) is 0 Å². The van der Waals surface area contributed by atoms with Crippen molar-refractivity contribution >= 4 is 5.71 Å². The molecule has 2 atom stereocenters. The number of hydrogen-bond acceptors (Lipinski definition) is 4. The fraction of sp³-hybridized carbons (Fsp3) is 0.321. The number of aliphatic imine (C=N–C) groups is 1. The van der Waals surface area contributed by atoms with Gasteiger partial charge in [0.05, 0.1) is 13.2 Å². The summed E-state index contributed by atoms with van der Waals surface area (Å²) >= 11 is 0. The summed E-state index contributed by atoms with van der Waals surface area (Å²) in [5, 5.41) is 11.2. The Morgan fingerprint density at radius 2 is 1.41 bits per heavy atom. The highest BCUT2D eigenvalue weighted by molar-refractivity contribution is 5.94. The van der Waals surface area contributed by atoms with Gasteiger partial charge in [-0.25, -0.2) is 0 Å². The Labute approximate surface area is 190 Å². The molecule has 3 fully saturated rings. The monoisotopic (exact) mass is 426 g/mol. The van der Waals surface area contributed by atoms with Crippen LogP contribution in [0.25, 0.3) is 0 Å². The predicted molar refractivity (Wildman–Crippen MR) is 128 cm³/mol. The fourth-order valence-corrected chi connectivity index (χ4v) is 5.43. The Bertz CT molecular complexity index is 1020. The molecule has 6 rings (SSSR count). The minimum atomic E-state index is -0.934. The minimum absolute atomic E-state index is 0.136. The average molecular weight is 427 g/mol. The van der Waals surface area contributed by atoms with E-state index in [1.54, 1.807) is 7.11 Å². The van der Waals surface area contributed by atoms with E-state index in [2.05, 4.69) is 65.6 Å². The minimum Gasteiger partial charge on any atom is -0.496 e. The topological polar surface area (TPSA) is 45.1 Å². The van der Waals surface area contributed by atoms with Crippen LogP contribution in [0.3, 0.4) is 0 Å². The van der Waals surface area contributed by atoms with Crippen LogP contribution in [0.15, 0.2) is 89.9 Å². The summed E-state index contributed by atoms with van der Waals surface area (Å²) in [6.07, 6.45) is 1.27. The molecule has 32 heavy (non-hydrogen) atoms. The number of ether oxygens (including phenoxy) is 1. The molecule has 3 aromatic carbocycles. The highest BCUT2D eigenvalue weighted by Gasteiger charge is 2.44. The van der Waals surface area contributed by atoms with Gasteiger partial charge in [0, 0.05) is 23.1 Å². The van der Waals surface area contributed by atoms with Crippen LogP contribution in [-0.4, -0.2) is 42.0 Å². The molecule has 0 spiro atoms. The van der Waals surface area contributed by atoms with E-state index in [-0.39, 0.29) is 12.0 Å². The number of para-hydroxylation sites is 1. The number of rotatable bonds is 6. The van der Waals surface area contributed by atoms with Crippen molar-refractivity contribution in [3.8, 4) is 5.75 Å². The van der Waals surface area contributed by atoms with E-state index in [4.69, 9.17) is 9.73 Å². The Kier molecular flexibility index (Phi) is 6.06. The van der Waals surface area contributed by atoms with Crippen LogP contribution in [0, 0.1) is 5.92 Å². The number of benzene rings is 3. The Balaban J connectivity index is 1.60. The quantitative estimate of drug-likeness (QED) is 0.600. The number of fused-ring (bicyclic) bond motifs is 3. The van der Waals surface area contributed by atoms with Crippen LogP contribution in [0.2, 0.25) is 0 Å². The number of aliphatic hydroxyl groups excluding tert-OH is 1. The third-order valence-electron chi connectivity index (χ3n) is 6.97. The molecule has 0 aromatic heterocycles. The molecular formula is C28H30N2O2. The molecule has 4 heteroatoms. The summed E-state index contributed by atoms with van der Waals surface area (Å²) < 4.78 is 5.49. The van der Waals surface area contributed by atoms with E-state index in [0.29, 0.717) is 17.2 Å². The second-order valence-corrected chi connectivity index (χ2v) is 8.72. The Morgan fingerprint density at radius 3 is 2.00 bits per heavy atom. The van der Waals surface area contributed by atoms with Crippen LogP contribution >= 0.6 is 0 Å². The molecule has 3 saturated heterocycles. The molecule has 164 valence electrons. The van der Waals surface area contributed by atoms with Crippen LogP contribution in [0.5, 0.6) is 5.75 Å². The van der Waals surface area contributed by atoms with Crippen molar-refractivity contribution < 1.29 is 9.84 Å².